The third-order valence-corrected chi connectivity index (χ3v) is 4.30. The summed E-state index contributed by atoms with van der Waals surface area (Å²) in [4.78, 5) is 14.8. The maximum atomic E-state index is 13.0. The quantitative estimate of drug-likeness (QED) is 0.670. The van der Waals surface area contributed by atoms with E-state index in [0.29, 0.717) is 30.2 Å². The lowest BCUT2D eigenvalue weighted by Gasteiger charge is -2.30. The number of benzene rings is 2. The van der Waals surface area contributed by atoms with Crippen LogP contribution in [0.3, 0.4) is 0 Å². The van der Waals surface area contributed by atoms with E-state index in [1.54, 1.807) is 36.3 Å². The molecule has 25 heavy (non-hydrogen) atoms. The highest BCUT2D eigenvalue weighted by Gasteiger charge is 2.25. The van der Waals surface area contributed by atoms with Gasteiger partial charge in [-0.05, 0) is 48.7 Å². The summed E-state index contributed by atoms with van der Waals surface area (Å²) in [6, 6.07) is 10.9. The Kier molecular flexibility index (Phi) is 4.93. The fourth-order valence-corrected chi connectivity index (χ4v) is 3.09. The summed E-state index contributed by atoms with van der Waals surface area (Å²) in [5.74, 6) is 1.04. The SMILES string of the molecule is C=CCOc1ccc(C(=O)N2CCCc3c(N)cccc32)cc1OC. The lowest BCUT2D eigenvalue weighted by atomic mass is 9.99. The molecule has 1 aliphatic rings. The second-order valence-electron chi connectivity index (χ2n) is 5.87. The third kappa shape index (κ3) is 3.31. The van der Waals surface area contributed by atoms with Crippen molar-refractivity contribution < 1.29 is 14.3 Å². The molecule has 5 heteroatoms. The highest BCUT2D eigenvalue weighted by Crippen LogP contribution is 2.34. The highest BCUT2D eigenvalue weighted by atomic mass is 16.5. The van der Waals surface area contributed by atoms with Crippen LogP contribution in [0.1, 0.15) is 22.3 Å². The van der Waals surface area contributed by atoms with E-state index < -0.39 is 0 Å². The van der Waals surface area contributed by atoms with Crippen molar-refractivity contribution in [1.29, 1.82) is 0 Å². The van der Waals surface area contributed by atoms with Gasteiger partial charge in [0.05, 0.1) is 7.11 Å². The third-order valence-electron chi connectivity index (χ3n) is 4.30. The second-order valence-corrected chi connectivity index (χ2v) is 5.87. The van der Waals surface area contributed by atoms with Crippen LogP contribution < -0.4 is 20.1 Å². The minimum atomic E-state index is -0.0693. The summed E-state index contributed by atoms with van der Waals surface area (Å²) in [5.41, 5.74) is 9.30. The molecule has 130 valence electrons. The molecule has 0 fully saturated rings. The first-order chi connectivity index (χ1) is 12.2. The van der Waals surface area contributed by atoms with E-state index in [0.717, 1.165) is 29.8 Å². The van der Waals surface area contributed by atoms with Crippen molar-refractivity contribution in [2.45, 2.75) is 12.8 Å². The first-order valence-electron chi connectivity index (χ1n) is 8.26. The van der Waals surface area contributed by atoms with Gasteiger partial charge in [-0.25, -0.2) is 0 Å². The van der Waals surface area contributed by atoms with Crippen LogP contribution in [0.15, 0.2) is 49.1 Å². The largest absolute Gasteiger partial charge is 0.493 e. The van der Waals surface area contributed by atoms with Crippen molar-refractivity contribution >= 4 is 17.3 Å². The summed E-state index contributed by atoms with van der Waals surface area (Å²) in [7, 11) is 1.56. The Morgan fingerprint density at radius 2 is 2.16 bits per heavy atom. The standard InChI is InChI=1S/C20H22N2O3/c1-3-12-25-18-10-9-14(13-19(18)24-2)20(23)22-11-5-6-15-16(21)7-4-8-17(15)22/h3-4,7-10,13H,1,5-6,11-12,21H2,2H3. The number of amides is 1. The summed E-state index contributed by atoms with van der Waals surface area (Å²) >= 11 is 0. The smallest absolute Gasteiger partial charge is 0.258 e. The number of ether oxygens (including phenoxy) is 2. The monoisotopic (exact) mass is 338 g/mol. The number of hydrogen-bond donors (Lipinski definition) is 1. The number of nitrogen functional groups attached to an aromatic ring is 1. The lowest BCUT2D eigenvalue weighted by Crippen LogP contribution is -2.35. The van der Waals surface area contributed by atoms with E-state index in [2.05, 4.69) is 6.58 Å². The molecule has 5 nitrogen and oxygen atoms in total. The molecule has 1 amide bonds. The van der Waals surface area contributed by atoms with Gasteiger partial charge in [-0.1, -0.05) is 18.7 Å². The van der Waals surface area contributed by atoms with Crippen LogP contribution in [0.4, 0.5) is 11.4 Å². The van der Waals surface area contributed by atoms with Crippen molar-refractivity contribution in [3.8, 4) is 11.5 Å². The molecule has 0 unspecified atom stereocenters. The van der Waals surface area contributed by atoms with E-state index in [1.807, 2.05) is 18.2 Å². The van der Waals surface area contributed by atoms with Crippen molar-refractivity contribution in [2.75, 3.05) is 30.9 Å². The van der Waals surface area contributed by atoms with Crippen molar-refractivity contribution in [3.05, 3.63) is 60.2 Å². The molecule has 0 saturated heterocycles. The topological polar surface area (TPSA) is 64.8 Å². The Labute approximate surface area is 147 Å². The Balaban J connectivity index is 1.92. The fraction of sp³-hybridized carbons (Fsp3) is 0.250. The molecular weight excluding hydrogens is 316 g/mol. The van der Waals surface area contributed by atoms with Gasteiger partial charge in [-0.15, -0.1) is 0 Å². The van der Waals surface area contributed by atoms with E-state index >= 15 is 0 Å². The zero-order chi connectivity index (χ0) is 17.8. The Morgan fingerprint density at radius 3 is 2.92 bits per heavy atom. The number of nitrogens with two attached hydrogens (primary N) is 1. The van der Waals surface area contributed by atoms with E-state index in [-0.39, 0.29) is 5.91 Å². The van der Waals surface area contributed by atoms with E-state index in [1.165, 1.54) is 0 Å². The Hall–Kier alpha value is -2.95. The zero-order valence-electron chi connectivity index (χ0n) is 14.3. The predicted octanol–water partition coefficient (Wildman–Crippen LogP) is 3.44. The Bertz CT molecular complexity index is 802. The molecule has 0 bridgehead atoms. The van der Waals surface area contributed by atoms with Crippen LogP contribution in [0.2, 0.25) is 0 Å². The normalized spacial score (nSPS) is 13.1. The van der Waals surface area contributed by atoms with Gasteiger partial charge in [0.1, 0.15) is 6.61 Å². The van der Waals surface area contributed by atoms with Gasteiger partial charge in [0, 0.05) is 23.5 Å². The molecule has 0 atom stereocenters. The number of fused-ring (bicyclic) bond motifs is 1. The maximum absolute atomic E-state index is 13.0. The molecule has 0 saturated carbocycles. The number of nitrogens with zero attached hydrogens (tertiary/aromatic N) is 1. The van der Waals surface area contributed by atoms with Crippen LogP contribution in [0, 0.1) is 0 Å². The molecule has 1 aliphatic heterocycles. The number of anilines is 2. The number of methoxy groups -OCH3 is 1. The van der Waals surface area contributed by atoms with Gasteiger partial charge in [0.25, 0.3) is 5.91 Å². The minimum absolute atomic E-state index is 0.0693. The van der Waals surface area contributed by atoms with Crippen LogP contribution in [-0.2, 0) is 6.42 Å². The first-order valence-corrected chi connectivity index (χ1v) is 8.26. The summed E-state index contributed by atoms with van der Waals surface area (Å²) in [6.45, 7) is 4.68. The fourth-order valence-electron chi connectivity index (χ4n) is 3.09. The maximum Gasteiger partial charge on any atom is 0.258 e. The van der Waals surface area contributed by atoms with Gasteiger partial charge < -0.3 is 20.1 Å². The van der Waals surface area contributed by atoms with Crippen LogP contribution in [0.25, 0.3) is 0 Å². The van der Waals surface area contributed by atoms with Crippen LogP contribution in [0.5, 0.6) is 11.5 Å². The number of carbonyl (C=O) groups excluding carboxylic acids is 1. The summed E-state index contributed by atoms with van der Waals surface area (Å²) in [5, 5.41) is 0. The van der Waals surface area contributed by atoms with Crippen molar-refractivity contribution in [3.63, 3.8) is 0 Å². The molecule has 0 aromatic heterocycles. The van der Waals surface area contributed by atoms with Gasteiger partial charge in [0.15, 0.2) is 11.5 Å². The van der Waals surface area contributed by atoms with Gasteiger partial charge in [-0.2, -0.15) is 0 Å². The second kappa shape index (κ2) is 7.30. The molecule has 0 aliphatic carbocycles. The molecule has 1 heterocycles. The average molecular weight is 338 g/mol. The summed E-state index contributed by atoms with van der Waals surface area (Å²) in [6.07, 6.45) is 3.45. The molecule has 2 N–H and O–H groups in total. The molecule has 2 aromatic carbocycles. The molecule has 3 rings (SSSR count). The average Bonchev–Trinajstić information content (AvgIpc) is 2.65. The highest BCUT2D eigenvalue weighted by molar-refractivity contribution is 6.07. The number of rotatable bonds is 5. The lowest BCUT2D eigenvalue weighted by molar-refractivity contribution is 0.0984. The minimum Gasteiger partial charge on any atom is -0.493 e. The Morgan fingerprint density at radius 1 is 1.32 bits per heavy atom. The zero-order valence-corrected chi connectivity index (χ0v) is 14.3. The van der Waals surface area contributed by atoms with E-state index in [4.69, 9.17) is 15.2 Å². The predicted molar refractivity (Wildman–Crippen MR) is 99.5 cm³/mol. The van der Waals surface area contributed by atoms with E-state index in [9.17, 15) is 4.79 Å². The number of carbonyl (C=O) groups is 1. The van der Waals surface area contributed by atoms with Gasteiger partial charge in [0.2, 0.25) is 0 Å². The van der Waals surface area contributed by atoms with Crippen molar-refractivity contribution in [2.24, 2.45) is 0 Å². The molecular formula is C20H22N2O3. The van der Waals surface area contributed by atoms with Crippen LogP contribution in [-0.4, -0.2) is 26.2 Å². The first kappa shape index (κ1) is 16.9. The molecule has 0 radical (unpaired) electrons. The number of hydrogen-bond acceptors (Lipinski definition) is 4. The van der Waals surface area contributed by atoms with Gasteiger partial charge >= 0.3 is 0 Å². The molecule has 2 aromatic rings. The summed E-state index contributed by atoms with van der Waals surface area (Å²) < 4.78 is 10.9. The van der Waals surface area contributed by atoms with Gasteiger partial charge in [-0.3, -0.25) is 4.79 Å². The van der Waals surface area contributed by atoms with Crippen molar-refractivity contribution in [1.82, 2.24) is 0 Å². The molecule has 0 spiro atoms. The van der Waals surface area contributed by atoms with Crippen LogP contribution >= 0.6 is 0 Å².